The number of ether oxygens (including phenoxy) is 1. The van der Waals surface area contributed by atoms with Crippen molar-refractivity contribution in [3.63, 3.8) is 0 Å². The molecule has 32 heavy (non-hydrogen) atoms. The molecule has 2 atom stereocenters. The van der Waals surface area contributed by atoms with Gasteiger partial charge >= 0.3 is 0 Å². The molecule has 182 valence electrons. The van der Waals surface area contributed by atoms with Crippen molar-refractivity contribution >= 4 is 31.6 Å². The average molecular weight is 490 g/mol. The number of amides is 1. The van der Waals surface area contributed by atoms with Gasteiger partial charge in [-0.15, -0.1) is 0 Å². The lowest BCUT2D eigenvalue weighted by molar-refractivity contribution is -0.116. The molecule has 2 N–H and O–H groups in total. The van der Waals surface area contributed by atoms with Crippen LogP contribution in [-0.4, -0.2) is 63.6 Å². The van der Waals surface area contributed by atoms with Gasteiger partial charge in [-0.2, -0.15) is 4.31 Å². The van der Waals surface area contributed by atoms with Crippen molar-refractivity contribution in [3.05, 3.63) is 24.3 Å². The van der Waals surface area contributed by atoms with Gasteiger partial charge in [-0.3, -0.25) is 4.79 Å². The number of hydrogen-bond acceptors (Lipinski definition) is 6. The normalized spacial score (nSPS) is 20.8. The molecule has 0 aromatic heterocycles. The van der Waals surface area contributed by atoms with Gasteiger partial charge < -0.3 is 10.1 Å². The van der Waals surface area contributed by atoms with E-state index in [0.29, 0.717) is 18.5 Å². The highest BCUT2D eigenvalue weighted by molar-refractivity contribution is 7.90. The highest BCUT2D eigenvalue weighted by atomic mass is 32.2. The third-order valence-corrected chi connectivity index (χ3v) is 9.09. The molecule has 1 heterocycles. The van der Waals surface area contributed by atoms with E-state index in [1.165, 1.54) is 16.4 Å². The monoisotopic (exact) mass is 489 g/mol. The summed E-state index contributed by atoms with van der Waals surface area (Å²) in [5.41, 5.74) is 0.402. The molecule has 0 bridgehead atoms. The molecule has 2 rings (SSSR count). The summed E-state index contributed by atoms with van der Waals surface area (Å²) in [6.07, 6.45) is 0.839. The number of hydrogen-bond donors (Lipinski definition) is 2. The second-order valence-corrected chi connectivity index (χ2v) is 13.6. The standard InChI is InChI=1S/C21H35N3O6S2/c1-16-14-24(15-17(2)30-16)31(26,27)19-10-8-9-18(13-19)23-20(25)11-6-7-12-22-32(28,29)21(3,4)5/h8-10,13,16-17,22H,6-7,11-12,14-15H2,1-5H3,(H,23,25)/t16-,17+. The minimum atomic E-state index is -3.70. The van der Waals surface area contributed by atoms with Gasteiger partial charge in [0.2, 0.25) is 26.0 Å². The molecule has 0 saturated carbocycles. The van der Waals surface area contributed by atoms with Crippen LogP contribution in [-0.2, 0) is 29.6 Å². The first-order valence-corrected chi connectivity index (χ1v) is 13.7. The molecule has 1 amide bonds. The van der Waals surface area contributed by atoms with Crippen LogP contribution in [0.5, 0.6) is 0 Å². The molecular weight excluding hydrogens is 454 g/mol. The zero-order valence-corrected chi connectivity index (χ0v) is 21.1. The van der Waals surface area contributed by atoms with Gasteiger partial charge in [0.25, 0.3) is 0 Å². The highest BCUT2D eigenvalue weighted by Crippen LogP contribution is 2.23. The van der Waals surface area contributed by atoms with Gasteiger partial charge in [0.05, 0.1) is 21.9 Å². The lowest BCUT2D eigenvalue weighted by Gasteiger charge is -2.34. The zero-order chi connectivity index (χ0) is 24.2. The fraction of sp³-hybridized carbons (Fsp3) is 0.667. The second-order valence-electron chi connectivity index (χ2n) is 9.12. The number of carbonyl (C=O) groups excluding carboxylic acids is 1. The Morgan fingerprint density at radius 2 is 1.72 bits per heavy atom. The minimum Gasteiger partial charge on any atom is -0.373 e. The van der Waals surface area contributed by atoms with E-state index < -0.39 is 24.8 Å². The molecular formula is C21H35N3O6S2. The number of nitrogens with one attached hydrogen (secondary N) is 2. The topological polar surface area (TPSA) is 122 Å². The van der Waals surface area contributed by atoms with Crippen LogP contribution in [0.2, 0.25) is 0 Å². The third-order valence-electron chi connectivity index (χ3n) is 5.07. The van der Waals surface area contributed by atoms with Gasteiger partial charge in [-0.05, 0) is 65.7 Å². The number of benzene rings is 1. The number of rotatable bonds is 9. The summed E-state index contributed by atoms with van der Waals surface area (Å²) in [4.78, 5) is 12.4. The van der Waals surface area contributed by atoms with Crippen LogP contribution in [0.3, 0.4) is 0 Å². The summed E-state index contributed by atoms with van der Waals surface area (Å²) in [7, 11) is -7.10. The molecule has 11 heteroatoms. The van der Waals surface area contributed by atoms with E-state index in [1.807, 2.05) is 13.8 Å². The zero-order valence-electron chi connectivity index (χ0n) is 19.4. The lowest BCUT2D eigenvalue weighted by atomic mass is 10.2. The maximum atomic E-state index is 13.0. The molecule has 0 spiro atoms. The molecule has 1 aliphatic heterocycles. The van der Waals surface area contributed by atoms with Crippen LogP contribution in [0, 0.1) is 0 Å². The Hall–Kier alpha value is -1.53. The van der Waals surface area contributed by atoms with E-state index >= 15 is 0 Å². The molecule has 0 unspecified atom stereocenters. The minimum absolute atomic E-state index is 0.119. The fourth-order valence-electron chi connectivity index (χ4n) is 3.27. The van der Waals surface area contributed by atoms with Crippen LogP contribution in [0.15, 0.2) is 29.2 Å². The molecule has 1 saturated heterocycles. The molecule has 1 aliphatic rings. The largest absolute Gasteiger partial charge is 0.373 e. The molecule has 0 radical (unpaired) electrons. The van der Waals surface area contributed by atoms with Crippen molar-refractivity contribution in [1.29, 1.82) is 0 Å². The van der Waals surface area contributed by atoms with Crippen molar-refractivity contribution in [2.24, 2.45) is 0 Å². The van der Waals surface area contributed by atoms with Gasteiger partial charge in [0.1, 0.15) is 0 Å². The predicted octanol–water partition coefficient (Wildman–Crippen LogP) is 2.31. The Morgan fingerprint density at radius 3 is 2.31 bits per heavy atom. The Labute approximate surface area is 192 Å². The number of morpholine rings is 1. The molecule has 1 fully saturated rings. The fourth-order valence-corrected chi connectivity index (χ4v) is 5.75. The Bertz CT molecular complexity index is 993. The van der Waals surface area contributed by atoms with Crippen molar-refractivity contribution < 1.29 is 26.4 Å². The summed E-state index contributed by atoms with van der Waals surface area (Å²) in [6.45, 7) is 9.36. The van der Waals surface area contributed by atoms with Crippen molar-refractivity contribution in [2.45, 2.75) is 75.7 Å². The Morgan fingerprint density at radius 1 is 1.09 bits per heavy atom. The smallest absolute Gasteiger partial charge is 0.243 e. The van der Waals surface area contributed by atoms with E-state index in [0.717, 1.165) is 0 Å². The summed E-state index contributed by atoms with van der Waals surface area (Å²) < 4.78 is 58.7. The third kappa shape index (κ3) is 7.24. The Kier molecular flexibility index (Phi) is 8.85. The summed E-state index contributed by atoms with van der Waals surface area (Å²) in [5.74, 6) is -0.258. The van der Waals surface area contributed by atoms with E-state index in [4.69, 9.17) is 4.74 Å². The maximum Gasteiger partial charge on any atom is 0.243 e. The maximum absolute atomic E-state index is 13.0. The first-order valence-electron chi connectivity index (χ1n) is 10.8. The van der Waals surface area contributed by atoms with Gasteiger partial charge in [0.15, 0.2) is 0 Å². The number of carbonyl (C=O) groups is 1. The molecule has 9 nitrogen and oxygen atoms in total. The summed E-state index contributed by atoms with van der Waals surface area (Å²) in [5, 5.41) is 2.72. The second kappa shape index (κ2) is 10.6. The average Bonchev–Trinajstić information content (AvgIpc) is 2.66. The van der Waals surface area contributed by atoms with Crippen LogP contribution in [0.25, 0.3) is 0 Å². The highest BCUT2D eigenvalue weighted by Gasteiger charge is 2.32. The van der Waals surface area contributed by atoms with Gasteiger partial charge in [-0.1, -0.05) is 6.07 Å². The predicted molar refractivity (Wildman–Crippen MR) is 124 cm³/mol. The SMILES string of the molecule is C[C@@H]1CN(S(=O)(=O)c2cccc(NC(=O)CCCCNS(=O)(=O)C(C)(C)C)c2)C[C@H](C)O1. The Balaban J connectivity index is 1.89. The number of sulfonamides is 2. The van der Waals surface area contributed by atoms with Crippen LogP contribution in [0.4, 0.5) is 5.69 Å². The van der Waals surface area contributed by atoms with Gasteiger partial charge in [0, 0.05) is 31.7 Å². The van der Waals surface area contributed by atoms with Gasteiger partial charge in [-0.25, -0.2) is 21.6 Å². The quantitative estimate of drug-likeness (QED) is 0.514. The molecule has 1 aromatic carbocycles. The molecule has 0 aliphatic carbocycles. The first kappa shape index (κ1) is 26.7. The van der Waals surface area contributed by atoms with Crippen molar-refractivity contribution in [2.75, 3.05) is 25.0 Å². The molecule has 1 aromatic rings. The van der Waals surface area contributed by atoms with Crippen LogP contribution < -0.4 is 10.0 Å². The summed E-state index contributed by atoms with van der Waals surface area (Å²) in [6, 6.07) is 6.20. The lowest BCUT2D eigenvalue weighted by Crippen LogP contribution is -2.48. The van der Waals surface area contributed by atoms with Crippen molar-refractivity contribution in [3.8, 4) is 0 Å². The van der Waals surface area contributed by atoms with E-state index in [1.54, 1.807) is 32.9 Å². The number of anilines is 1. The van der Waals surface area contributed by atoms with Crippen molar-refractivity contribution in [1.82, 2.24) is 9.03 Å². The van der Waals surface area contributed by atoms with E-state index in [-0.39, 0.29) is 49.1 Å². The van der Waals surface area contributed by atoms with E-state index in [2.05, 4.69) is 10.0 Å². The van der Waals surface area contributed by atoms with Crippen LogP contribution >= 0.6 is 0 Å². The van der Waals surface area contributed by atoms with E-state index in [9.17, 15) is 21.6 Å². The first-order chi connectivity index (χ1) is 14.7. The number of nitrogens with zero attached hydrogens (tertiary/aromatic N) is 1. The number of unbranched alkanes of at least 4 members (excludes halogenated alkanes) is 1. The van der Waals surface area contributed by atoms with Crippen LogP contribution in [0.1, 0.15) is 53.9 Å². The summed E-state index contributed by atoms with van der Waals surface area (Å²) >= 11 is 0.